The van der Waals surface area contributed by atoms with Gasteiger partial charge in [-0.25, -0.2) is 23.5 Å². The van der Waals surface area contributed by atoms with Crippen molar-refractivity contribution < 1.29 is 53.7 Å². The number of halogens is 7. The van der Waals surface area contributed by atoms with Crippen LogP contribution < -0.4 is 10.3 Å². The second-order valence-electron chi connectivity index (χ2n) is 9.23. The van der Waals surface area contributed by atoms with E-state index in [0.29, 0.717) is 22.8 Å². The molecule has 1 aromatic carbocycles. The summed E-state index contributed by atoms with van der Waals surface area (Å²) in [6, 6.07) is 5.54. The number of nitrogens with two attached hydrogens (primary N) is 1. The van der Waals surface area contributed by atoms with Gasteiger partial charge in [0.15, 0.2) is 5.84 Å². The third-order valence-electron chi connectivity index (χ3n) is 5.71. The van der Waals surface area contributed by atoms with Gasteiger partial charge in [0.25, 0.3) is 0 Å². The number of aromatic nitrogens is 2. The van der Waals surface area contributed by atoms with Crippen molar-refractivity contribution in [3.05, 3.63) is 64.8 Å². The summed E-state index contributed by atoms with van der Waals surface area (Å²) in [6.45, 7) is 3.70. The maximum absolute atomic E-state index is 13.4. The molecule has 1 aliphatic rings. The number of imidazole rings is 1. The third kappa shape index (κ3) is 12.1. The van der Waals surface area contributed by atoms with Crippen molar-refractivity contribution in [2.75, 3.05) is 20.2 Å². The number of carbonyl (C=O) groups excluding carboxylic acids is 3. The van der Waals surface area contributed by atoms with Crippen LogP contribution in [0.5, 0.6) is 0 Å². The van der Waals surface area contributed by atoms with Crippen LogP contribution >= 0.6 is 19.4 Å². The van der Waals surface area contributed by atoms with E-state index in [4.69, 9.17) is 26.9 Å². The van der Waals surface area contributed by atoms with Crippen LogP contribution in [0.1, 0.15) is 31.9 Å². The summed E-state index contributed by atoms with van der Waals surface area (Å²) in [4.78, 5) is 45.6. The average molecular weight is 663 g/mol. The van der Waals surface area contributed by atoms with Crippen molar-refractivity contribution in [3.63, 3.8) is 0 Å². The van der Waals surface area contributed by atoms with E-state index >= 15 is 0 Å². The molecule has 43 heavy (non-hydrogen) atoms. The molecule has 1 aliphatic heterocycles. The first kappa shape index (κ1) is 35.3. The second kappa shape index (κ2) is 12.8. The Kier molecular flexibility index (Phi) is 10.5. The van der Waals surface area contributed by atoms with E-state index < -0.39 is 31.8 Å². The normalized spacial score (nSPS) is 17.5. The fourth-order valence-corrected chi connectivity index (χ4v) is 3.85. The Morgan fingerprint density at radius 1 is 1.14 bits per heavy atom. The number of urea groups is 1. The topological polar surface area (TPSA) is 123 Å². The van der Waals surface area contributed by atoms with Gasteiger partial charge in [0.1, 0.15) is 25.5 Å². The molecule has 11 nitrogen and oxygen atoms in total. The molecule has 0 saturated heterocycles. The zero-order valence-electron chi connectivity index (χ0n) is 23.4. The van der Waals surface area contributed by atoms with Crippen LogP contribution in [0.3, 0.4) is 0 Å². The predicted molar refractivity (Wildman–Crippen MR) is 145 cm³/mol. The number of carbonyl (C=O) groups is 3. The molecule has 0 saturated carbocycles. The number of hydrogen-bond acceptors (Lipinski definition) is 6. The summed E-state index contributed by atoms with van der Waals surface area (Å²) in [5.74, 6) is -1.24. The second-order valence-corrected chi connectivity index (χ2v) is 11.6. The van der Waals surface area contributed by atoms with E-state index in [-0.39, 0.29) is 31.0 Å². The Morgan fingerprint density at radius 2 is 1.72 bits per heavy atom. The minimum absolute atomic E-state index is 0.106. The number of oxime groups is 1. The zero-order valence-corrected chi connectivity index (χ0v) is 25.0. The van der Waals surface area contributed by atoms with Gasteiger partial charge in [-0.05, 0) is 24.6 Å². The molecule has 0 radical (unpaired) electrons. The van der Waals surface area contributed by atoms with Crippen LogP contribution in [0.25, 0.3) is 0 Å². The monoisotopic (exact) mass is 662 g/mol. The standard InChI is InChI=1S/C24H30ClN6O5.F6P/c1-5-20(32)36-27-19(26)14-31-22(17-6-8-18(25)9-7-17)21(16(2)29(4)24(31)34)23(33)35-13-12-30-11-10-28(3)15-30;1-7(2,3,4,5)6/h6-11,15,22H,5,12-14H2,1-4H3,(H2,26,27);/q+1;-1. The van der Waals surface area contributed by atoms with Crippen LogP contribution in [0.15, 0.2) is 59.4 Å². The van der Waals surface area contributed by atoms with Crippen LogP contribution in [0.4, 0.5) is 30.0 Å². The number of benzene rings is 1. The Hall–Kier alpha value is -3.85. The van der Waals surface area contributed by atoms with E-state index in [1.807, 2.05) is 34.9 Å². The summed E-state index contributed by atoms with van der Waals surface area (Å²) < 4.78 is 68.6. The number of allylic oxidation sites excluding steroid dienone is 1. The molecule has 240 valence electrons. The Labute approximate surface area is 247 Å². The first-order valence-electron chi connectivity index (χ1n) is 12.3. The van der Waals surface area contributed by atoms with Gasteiger partial charge in [0.05, 0.1) is 25.2 Å². The van der Waals surface area contributed by atoms with Crippen LogP contribution in [-0.4, -0.2) is 58.4 Å². The fraction of sp³-hybridized carbons (Fsp3) is 0.375. The van der Waals surface area contributed by atoms with Crippen molar-refractivity contribution in [2.24, 2.45) is 17.9 Å². The first-order valence-corrected chi connectivity index (χ1v) is 14.7. The molecule has 1 atom stereocenters. The van der Waals surface area contributed by atoms with E-state index in [0.717, 1.165) is 0 Å². The van der Waals surface area contributed by atoms with Gasteiger partial charge < -0.3 is 25.1 Å². The molecular formula is C24H30ClF6N6O5P. The van der Waals surface area contributed by atoms with Gasteiger partial charge in [-0.15, -0.1) is 0 Å². The molecule has 3 rings (SSSR count). The quantitative estimate of drug-likeness (QED) is 0.0553. The molecule has 0 spiro atoms. The minimum atomic E-state index is -10.7. The molecule has 19 heteroatoms. The van der Waals surface area contributed by atoms with Gasteiger partial charge in [0, 0.05) is 24.2 Å². The number of rotatable bonds is 9. The number of ether oxygens (including phenoxy) is 1. The van der Waals surface area contributed by atoms with E-state index in [9.17, 15) is 39.6 Å². The van der Waals surface area contributed by atoms with Crippen molar-refractivity contribution in [1.29, 1.82) is 0 Å². The summed E-state index contributed by atoms with van der Waals surface area (Å²) in [5.41, 5.74) is 7.33. The predicted octanol–water partition coefficient (Wildman–Crippen LogP) is 5.50. The zero-order chi connectivity index (χ0) is 32.8. The molecule has 2 amide bonds. The summed E-state index contributed by atoms with van der Waals surface area (Å²) >= 11 is 6.08. The number of esters is 1. The number of aryl methyl sites for hydroxylation is 1. The van der Waals surface area contributed by atoms with Gasteiger partial charge in [-0.2, -0.15) is 0 Å². The van der Waals surface area contributed by atoms with Gasteiger partial charge in [0.2, 0.25) is 6.33 Å². The van der Waals surface area contributed by atoms with Crippen LogP contribution in [0.2, 0.25) is 5.02 Å². The van der Waals surface area contributed by atoms with Crippen LogP contribution in [-0.2, 0) is 32.8 Å². The van der Waals surface area contributed by atoms with Gasteiger partial charge in [-0.1, -0.05) is 35.8 Å². The average Bonchev–Trinajstić information content (AvgIpc) is 3.30. The number of hydrogen-bond donors (Lipinski definition) is 1. The summed E-state index contributed by atoms with van der Waals surface area (Å²) in [7, 11) is -7.20. The Morgan fingerprint density at radius 3 is 2.23 bits per heavy atom. The Balaban J connectivity index is 0.000000821. The third-order valence-corrected chi connectivity index (χ3v) is 5.96. The molecular weight excluding hydrogens is 633 g/mol. The summed E-state index contributed by atoms with van der Waals surface area (Å²) in [6.07, 6.45) is 5.75. The molecule has 2 N–H and O–H groups in total. The number of amidine groups is 1. The molecule has 2 aromatic rings. The molecule has 0 fully saturated rings. The molecule has 2 heterocycles. The fourth-order valence-electron chi connectivity index (χ4n) is 3.72. The van der Waals surface area contributed by atoms with Crippen molar-refractivity contribution in [2.45, 2.75) is 32.9 Å². The molecule has 1 aromatic heterocycles. The van der Waals surface area contributed by atoms with Crippen molar-refractivity contribution in [1.82, 2.24) is 14.4 Å². The molecule has 0 bridgehead atoms. The molecule has 0 aliphatic carbocycles. The first-order chi connectivity index (χ1) is 19.6. The number of nitrogens with zero attached hydrogens (tertiary/aromatic N) is 5. The van der Waals surface area contributed by atoms with Gasteiger partial charge >= 0.3 is 51.0 Å². The SMILES string of the molecule is CCC(=O)O/N=C(\N)CN1C(=O)N(C)C(C)=C(C(=O)OCCn2cc[n+](C)c2)C1c1ccc(Cl)cc1.F[P-](F)(F)(F)(F)F. The maximum atomic E-state index is 13.4. The van der Waals surface area contributed by atoms with Crippen molar-refractivity contribution in [3.8, 4) is 0 Å². The molecule has 1 unspecified atom stereocenters. The van der Waals surface area contributed by atoms with Crippen LogP contribution in [0, 0.1) is 0 Å². The summed E-state index contributed by atoms with van der Waals surface area (Å²) in [5, 5.41) is 4.14. The number of amides is 2. The van der Waals surface area contributed by atoms with E-state index in [2.05, 4.69) is 5.16 Å². The van der Waals surface area contributed by atoms with E-state index in [1.165, 1.54) is 9.80 Å². The van der Waals surface area contributed by atoms with Gasteiger partial charge in [-0.3, -0.25) is 0 Å². The van der Waals surface area contributed by atoms with E-state index in [1.54, 1.807) is 45.2 Å². The Bertz CT molecular complexity index is 1410. The van der Waals surface area contributed by atoms with Crippen molar-refractivity contribution >= 4 is 43.2 Å².